The van der Waals surface area contributed by atoms with Crippen LogP contribution < -0.4 is 0 Å². The third kappa shape index (κ3) is 2.58. The molecule has 1 aromatic rings. The summed E-state index contributed by atoms with van der Waals surface area (Å²) in [6.07, 6.45) is 0.773. The molecule has 0 aliphatic carbocycles. The highest BCUT2D eigenvalue weighted by Gasteiger charge is 2.26. The lowest BCUT2D eigenvalue weighted by atomic mass is 9.90. The molecule has 82 valence electrons. The van der Waals surface area contributed by atoms with Crippen LogP contribution in [-0.2, 0) is 4.74 Å². The molecular weight excluding hydrogens is 259 g/mol. The van der Waals surface area contributed by atoms with E-state index in [0.717, 1.165) is 22.9 Å². The minimum atomic E-state index is -0.871. The van der Waals surface area contributed by atoms with Crippen molar-refractivity contribution in [3.63, 3.8) is 0 Å². The van der Waals surface area contributed by atoms with E-state index in [9.17, 15) is 4.39 Å². The number of halogens is 2. The molecule has 0 N–H and O–H groups in total. The van der Waals surface area contributed by atoms with E-state index in [-0.39, 0.29) is 5.92 Å². The van der Waals surface area contributed by atoms with Gasteiger partial charge in [-0.2, -0.15) is 0 Å². The predicted octanol–water partition coefficient (Wildman–Crippen LogP) is 3.89. The second-order valence-electron chi connectivity index (χ2n) is 3.87. The summed E-state index contributed by atoms with van der Waals surface area (Å²) in [5, 5.41) is 0. The number of hydrogen-bond donors (Lipinski definition) is 0. The summed E-state index contributed by atoms with van der Waals surface area (Å²) in [4.78, 5) is 0. The Hall–Kier alpha value is -0.410. The summed E-state index contributed by atoms with van der Waals surface area (Å²) in [7, 11) is 0. The Balaban J connectivity index is 2.12. The van der Waals surface area contributed by atoms with Crippen LogP contribution in [-0.4, -0.2) is 13.2 Å². The Labute approximate surface area is 97.8 Å². The third-order valence-electron chi connectivity index (χ3n) is 2.88. The van der Waals surface area contributed by atoms with Gasteiger partial charge >= 0.3 is 0 Å². The monoisotopic (exact) mass is 272 g/mol. The van der Waals surface area contributed by atoms with Crippen molar-refractivity contribution >= 4 is 15.9 Å². The van der Waals surface area contributed by atoms with E-state index in [1.54, 1.807) is 0 Å². The molecule has 0 bridgehead atoms. The van der Waals surface area contributed by atoms with Crippen molar-refractivity contribution in [3.05, 3.63) is 34.3 Å². The van der Waals surface area contributed by atoms with Crippen LogP contribution in [0.2, 0.25) is 0 Å². The van der Waals surface area contributed by atoms with Crippen LogP contribution in [0.5, 0.6) is 0 Å². The maximum atomic E-state index is 14.2. The van der Waals surface area contributed by atoms with Gasteiger partial charge in [-0.25, -0.2) is 4.39 Å². The first-order chi connectivity index (χ1) is 7.29. The fraction of sp³-hybridized carbons (Fsp3) is 0.500. The first-order valence-corrected chi connectivity index (χ1v) is 6.04. The van der Waals surface area contributed by atoms with Gasteiger partial charge in [0.05, 0.1) is 0 Å². The van der Waals surface area contributed by atoms with Crippen LogP contribution in [0.15, 0.2) is 28.7 Å². The number of ether oxygens (including phenoxy) is 1. The third-order valence-corrected chi connectivity index (χ3v) is 3.60. The summed E-state index contributed by atoms with van der Waals surface area (Å²) in [5.41, 5.74) is 0.768. The maximum absolute atomic E-state index is 14.2. The number of rotatable bonds is 2. The highest BCUT2D eigenvalue weighted by Crippen LogP contribution is 2.36. The van der Waals surface area contributed by atoms with Gasteiger partial charge in [-0.15, -0.1) is 0 Å². The smallest absolute Gasteiger partial charge is 0.129 e. The Kier molecular flexibility index (Phi) is 3.76. The van der Waals surface area contributed by atoms with Gasteiger partial charge in [-0.3, -0.25) is 0 Å². The SMILES string of the molecule is FC(c1ccccc1Br)C1CCOCC1. The summed E-state index contributed by atoms with van der Waals surface area (Å²) in [5.74, 6) is 0.109. The number of alkyl halides is 1. The molecule has 2 rings (SSSR count). The van der Waals surface area contributed by atoms with E-state index in [4.69, 9.17) is 4.74 Å². The molecule has 15 heavy (non-hydrogen) atoms. The highest BCUT2D eigenvalue weighted by molar-refractivity contribution is 9.10. The van der Waals surface area contributed by atoms with Crippen molar-refractivity contribution < 1.29 is 9.13 Å². The molecule has 1 heterocycles. The van der Waals surface area contributed by atoms with E-state index in [1.165, 1.54) is 0 Å². The first-order valence-electron chi connectivity index (χ1n) is 5.25. The van der Waals surface area contributed by atoms with Crippen molar-refractivity contribution in [3.8, 4) is 0 Å². The van der Waals surface area contributed by atoms with Crippen LogP contribution in [0, 0.1) is 5.92 Å². The largest absolute Gasteiger partial charge is 0.381 e. The van der Waals surface area contributed by atoms with Crippen LogP contribution >= 0.6 is 15.9 Å². The van der Waals surface area contributed by atoms with Gasteiger partial charge in [0.25, 0.3) is 0 Å². The minimum absolute atomic E-state index is 0.109. The van der Waals surface area contributed by atoms with E-state index < -0.39 is 6.17 Å². The molecule has 1 atom stereocenters. The van der Waals surface area contributed by atoms with Gasteiger partial charge in [0.2, 0.25) is 0 Å². The topological polar surface area (TPSA) is 9.23 Å². The standard InChI is InChI=1S/C12H14BrFO/c13-11-4-2-1-3-10(11)12(14)9-5-7-15-8-6-9/h1-4,9,12H,5-8H2. The summed E-state index contributed by atoms with van der Waals surface area (Å²) in [6.45, 7) is 1.38. The lowest BCUT2D eigenvalue weighted by Gasteiger charge is -2.25. The zero-order valence-corrected chi connectivity index (χ0v) is 10.0. The number of hydrogen-bond acceptors (Lipinski definition) is 1. The first kappa shape index (κ1) is 11.1. The van der Waals surface area contributed by atoms with Crippen molar-refractivity contribution in [1.29, 1.82) is 0 Å². The van der Waals surface area contributed by atoms with Gasteiger partial charge in [-0.05, 0) is 24.8 Å². The van der Waals surface area contributed by atoms with Crippen molar-refractivity contribution in [1.82, 2.24) is 0 Å². The van der Waals surface area contributed by atoms with Crippen molar-refractivity contribution in [2.24, 2.45) is 5.92 Å². The second kappa shape index (κ2) is 5.08. The number of benzene rings is 1. The predicted molar refractivity (Wildman–Crippen MR) is 61.5 cm³/mol. The van der Waals surface area contributed by atoms with Crippen LogP contribution in [0.4, 0.5) is 4.39 Å². The van der Waals surface area contributed by atoms with Gasteiger partial charge in [0.1, 0.15) is 6.17 Å². The van der Waals surface area contributed by atoms with Crippen molar-refractivity contribution in [2.75, 3.05) is 13.2 Å². The summed E-state index contributed by atoms with van der Waals surface area (Å²) >= 11 is 3.39. The molecule has 1 aliphatic rings. The summed E-state index contributed by atoms with van der Waals surface area (Å²) < 4.78 is 20.3. The molecule has 0 aromatic heterocycles. The quantitative estimate of drug-likeness (QED) is 0.794. The normalized spacial score (nSPS) is 20.1. The maximum Gasteiger partial charge on any atom is 0.129 e. The molecule has 1 unspecified atom stereocenters. The van der Waals surface area contributed by atoms with Gasteiger partial charge in [0, 0.05) is 23.2 Å². The molecule has 0 saturated carbocycles. The van der Waals surface area contributed by atoms with Crippen molar-refractivity contribution in [2.45, 2.75) is 19.0 Å². The molecule has 0 radical (unpaired) electrons. The fourth-order valence-electron chi connectivity index (χ4n) is 1.96. The lowest BCUT2D eigenvalue weighted by Crippen LogP contribution is -2.20. The molecule has 0 amide bonds. The van der Waals surface area contributed by atoms with Gasteiger partial charge < -0.3 is 4.74 Å². The Morgan fingerprint density at radius 1 is 1.27 bits per heavy atom. The molecule has 1 nitrogen and oxygen atoms in total. The molecule has 1 aromatic carbocycles. The zero-order valence-electron chi connectivity index (χ0n) is 8.46. The second-order valence-corrected chi connectivity index (χ2v) is 4.73. The average Bonchev–Trinajstić information content (AvgIpc) is 2.30. The molecule has 0 spiro atoms. The lowest BCUT2D eigenvalue weighted by molar-refractivity contribution is 0.0364. The van der Waals surface area contributed by atoms with Gasteiger partial charge in [-0.1, -0.05) is 34.1 Å². The molecule has 1 fully saturated rings. The van der Waals surface area contributed by atoms with E-state index in [0.29, 0.717) is 13.2 Å². The summed E-state index contributed by atoms with van der Waals surface area (Å²) in [6, 6.07) is 7.53. The van der Waals surface area contributed by atoms with Crippen LogP contribution in [0.1, 0.15) is 24.6 Å². The van der Waals surface area contributed by atoms with Gasteiger partial charge in [0.15, 0.2) is 0 Å². The molecule has 1 aliphatic heterocycles. The average molecular weight is 273 g/mol. The molecule has 1 saturated heterocycles. The fourth-order valence-corrected chi connectivity index (χ4v) is 2.46. The Bertz CT molecular complexity index is 323. The highest BCUT2D eigenvalue weighted by atomic mass is 79.9. The Morgan fingerprint density at radius 3 is 2.60 bits per heavy atom. The van der Waals surface area contributed by atoms with E-state index in [1.807, 2.05) is 24.3 Å². The molecule has 3 heteroatoms. The Morgan fingerprint density at radius 2 is 1.93 bits per heavy atom. The van der Waals surface area contributed by atoms with Crippen LogP contribution in [0.3, 0.4) is 0 Å². The minimum Gasteiger partial charge on any atom is -0.381 e. The zero-order chi connectivity index (χ0) is 10.7. The van der Waals surface area contributed by atoms with E-state index in [2.05, 4.69) is 15.9 Å². The van der Waals surface area contributed by atoms with E-state index >= 15 is 0 Å². The van der Waals surface area contributed by atoms with Crippen LogP contribution in [0.25, 0.3) is 0 Å². The molecular formula is C12H14BrFO.